The van der Waals surface area contributed by atoms with E-state index >= 15 is 0 Å². The van der Waals surface area contributed by atoms with Crippen molar-refractivity contribution >= 4 is 21.9 Å². The zero-order valence-electron chi connectivity index (χ0n) is 21.1. The Bertz CT molecular complexity index is 1640. The zero-order valence-corrected chi connectivity index (χ0v) is 21.1. The van der Waals surface area contributed by atoms with Gasteiger partial charge in [-0.15, -0.1) is 0 Å². The molecule has 0 amide bonds. The summed E-state index contributed by atoms with van der Waals surface area (Å²) in [5.41, 5.74) is 12.9. The van der Waals surface area contributed by atoms with E-state index < -0.39 is 0 Å². The fourth-order valence-electron chi connectivity index (χ4n) is 5.96. The summed E-state index contributed by atoms with van der Waals surface area (Å²) in [5, 5.41) is 2.33. The molecule has 6 rings (SSSR count). The zero-order chi connectivity index (χ0) is 23.9. The van der Waals surface area contributed by atoms with Gasteiger partial charge in [-0.25, -0.2) is 4.57 Å². The first-order valence-electron chi connectivity index (χ1n) is 12.2. The van der Waals surface area contributed by atoms with Crippen LogP contribution in [0.2, 0.25) is 0 Å². The summed E-state index contributed by atoms with van der Waals surface area (Å²) < 4.78 is 9.10. The van der Waals surface area contributed by atoms with E-state index in [4.69, 9.17) is 9.40 Å². The third kappa shape index (κ3) is 2.70. The number of aromatic nitrogens is 2. The summed E-state index contributed by atoms with van der Waals surface area (Å²) in [6.07, 6.45) is 4.17. The SMILES string of the molecule is Cc1cc(-c2c(C)ccc3c2oc2c4c(ccc23)C(C)(C)c2ncccc2-4)[n+](C)cc1C(C)C. The minimum Gasteiger partial charge on any atom is -0.454 e. The van der Waals surface area contributed by atoms with Crippen molar-refractivity contribution in [2.45, 2.75) is 52.9 Å². The minimum atomic E-state index is -0.145. The van der Waals surface area contributed by atoms with E-state index in [2.05, 4.69) is 95.8 Å². The number of pyridine rings is 2. The van der Waals surface area contributed by atoms with Crippen molar-refractivity contribution in [3.8, 4) is 22.4 Å². The fourth-order valence-corrected chi connectivity index (χ4v) is 5.96. The summed E-state index contributed by atoms with van der Waals surface area (Å²) in [7, 11) is 2.14. The van der Waals surface area contributed by atoms with Crippen molar-refractivity contribution in [3.05, 3.63) is 82.8 Å². The van der Waals surface area contributed by atoms with Crippen molar-refractivity contribution in [2.75, 3.05) is 0 Å². The van der Waals surface area contributed by atoms with E-state index in [9.17, 15) is 0 Å². The second-order valence-corrected chi connectivity index (χ2v) is 10.7. The normalized spacial score (nSPS) is 14.2. The Kier molecular flexibility index (Phi) is 4.36. The molecule has 0 spiro atoms. The minimum absolute atomic E-state index is 0.145. The Hall–Kier alpha value is -3.46. The van der Waals surface area contributed by atoms with E-state index in [1.807, 2.05) is 12.3 Å². The van der Waals surface area contributed by atoms with E-state index in [1.165, 1.54) is 55.4 Å². The van der Waals surface area contributed by atoms with Gasteiger partial charge in [0.25, 0.3) is 0 Å². The second-order valence-electron chi connectivity index (χ2n) is 10.7. The highest BCUT2D eigenvalue weighted by molar-refractivity contribution is 6.14. The molecule has 5 aromatic rings. The maximum Gasteiger partial charge on any atom is 0.216 e. The summed E-state index contributed by atoms with van der Waals surface area (Å²) in [4.78, 5) is 4.77. The molecule has 0 radical (unpaired) electrons. The molecule has 0 bridgehead atoms. The predicted molar refractivity (Wildman–Crippen MR) is 139 cm³/mol. The maximum absolute atomic E-state index is 6.84. The Morgan fingerprint density at radius 2 is 1.62 bits per heavy atom. The molecule has 0 saturated carbocycles. The average molecular weight is 448 g/mol. The highest BCUT2D eigenvalue weighted by Gasteiger charge is 2.39. The van der Waals surface area contributed by atoms with E-state index in [0.717, 1.165) is 16.9 Å². The van der Waals surface area contributed by atoms with Gasteiger partial charge in [0.2, 0.25) is 5.69 Å². The highest BCUT2D eigenvalue weighted by atomic mass is 16.3. The molecule has 0 N–H and O–H groups in total. The molecule has 3 heteroatoms. The lowest BCUT2D eigenvalue weighted by Crippen LogP contribution is -2.32. The van der Waals surface area contributed by atoms with Crippen molar-refractivity contribution in [3.63, 3.8) is 0 Å². The van der Waals surface area contributed by atoms with Gasteiger partial charge >= 0.3 is 0 Å². The van der Waals surface area contributed by atoms with E-state index in [1.54, 1.807) is 0 Å². The molecule has 0 aliphatic heterocycles. The largest absolute Gasteiger partial charge is 0.454 e. The van der Waals surface area contributed by atoms with Crippen LogP contribution in [0.5, 0.6) is 0 Å². The van der Waals surface area contributed by atoms with Gasteiger partial charge in [0.05, 0.1) is 11.3 Å². The van der Waals surface area contributed by atoms with Gasteiger partial charge in [0, 0.05) is 45.1 Å². The maximum atomic E-state index is 6.84. The number of fused-ring (bicyclic) bond motifs is 7. The first kappa shape index (κ1) is 21.1. The number of aryl methyl sites for hydroxylation is 3. The average Bonchev–Trinajstić information content (AvgIpc) is 3.28. The predicted octanol–water partition coefficient (Wildman–Crippen LogP) is 7.52. The number of hydrogen-bond donors (Lipinski definition) is 0. The summed E-state index contributed by atoms with van der Waals surface area (Å²) in [5.74, 6) is 0.489. The lowest BCUT2D eigenvalue weighted by atomic mass is 9.85. The van der Waals surface area contributed by atoms with Crippen LogP contribution < -0.4 is 4.57 Å². The molecule has 34 heavy (non-hydrogen) atoms. The molecular formula is C31H31N2O+. The monoisotopic (exact) mass is 447 g/mol. The van der Waals surface area contributed by atoms with Crippen LogP contribution in [0.15, 0.2) is 59.3 Å². The quantitative estimate of drug-likeness (QED) is 0.262. The molecule has 3 aromatic heterocycles. The number of rotatable bonds is 2. The number of benzene rings is 2. The number of hydrogen-bond acceptors (Lipinski definition) is 2. The first-order chi connectivity index (χ1) is 16.2. The molecule has 2 aromatic carbocycles. The van der Waals surface area contributed by atoms with Crippen molar-refractivity contribution < 1.29 is 8.98 Å². The van der Waals surface area contributed by atoms with Gasteiger partial charge in [-0.05, 0) is 42.5 Å². The second kappa shape index (κ2) is 7.02. The molecule has 1 aliphatic rings. The molecule has 170 valence electrons. The van der Waals surface area contributed by atoms with Gasteiger partial charge in [0.15, 0.2) is 6.20 Å². The van der Waals surface area contributed by atoms with Gasteiger partial charge in [-0.3, -0.25) is 4.98 Å². The van der Waals surface area contributed by atoms with Crippen LogP contribution in [0.3, 0.4) is 0 Å². The molecule has 3 heterocycles. The summed E-state index contributed by atoms with van der Waals surface area (Å²) >= 11 is 0. The topological polar surface area (TPSA) is 29.9 Å². The lowest BCUT2D eigenvalue weighted by Gasteiger charge is -2.19. The Morgan fingerprint density at radius 1 is 0.912 bits per heavy atom. The van der Waals surface area contributed by atoms with Gasteiger partial charge in [-0.1, -0.05) is 58.0 Å². The third-order valence-corrected chi connectivity index (χ3v) is 7.76. The van der Waals surface area contributed by atoms with Crippen LogP contribution in [0.25, 0.3) is 44.3 Å². The van der Waals surface area contributed by atoms with Crippen molar-refractivity contribution in [1.29, 1.82) is 0 Å². The molecule has 3 nitrogen and oxygen atoms in total. The van der Waals surface area contributed by atoms with Gasteiger partial charge < -0.3 is 4.42 Å². The van der Waals surface area contributed by atoms with Crippen LogP contribution >= 0.6 is 0 Å². The first-order valence-corrected chi connectivity index (χ1v) is 12.2. The molecular weight excluding hydrogens is 416 g/mol. The van der Waals surface area contributed by atoms with Crippen LogP contribution in [-0.4, -0.2) is 4.98 Å². The Morgan fingerprint density at radius 3 is 2.35 bits per heavy atom. The van der Waals surface area contributed by atoms with Crippen molar-refractivity contribution in [1.82, 2.24) is 4.98 Å². The fraction of sp³-hybridized carbons (Fsp3) is 0.290. The van der Waals surface area contributed by atoms with E-state index in [0.29, 0.717) is 5.92 Å². The van der Waals surface area contributed by atoms with Gasteiger partial charge in [-0.2, -0.15) is 0 Å². The molecule has 0 atom stereocenters. The summed E-state index contributed by atoms with van der Waals surface area (Å²) in [6.45, 7) is 13.4. The van der Waals surface area contributed by atoms with Crippen molar-refractivity contribution in [2.24, 2.45) is 7.05 Å². The lowest BCUT2D eigenvalue weighted by molar-refractivity contribution is -0.660. The number of furan rings is 1. The third-order valence-electron chi connectivity index (χ3n) is 7.76. The Balaban J connectivity index is 1.70. The molecule has 0 saturated heterocycles. The standard InChI is InChI=1S/C31H31N2O/c1-17(2)23-16-33(7)25(15-19(23)4)26-18(3)10-11-20-21-12-13-24-27(29(21)34-28(20)26)22-9-8-14-32-30(22)31(24,5)6/h8-17H,1-7H3/q+1. The van der Waals surface area contributed by atoms with Gasteiger partial charge in [0.1, 0.15) is 18.2 Å². The molecule has 1 aliphatic carbocycles. The summed E-state index contributed by atoms with van der Waals surface area (Å²) in [6, 6.07) is 15.5. The Labute approximate surface area is 201 Å². The highest BCUT2D eigenvalue weighted by Crippen LogP contribution is 2.52. The van der Waals surface area contributed by atoms with Crippen LogP contribution in [-0.2, 0) is 12.5 Å². The van der Waals surface area contributed by atoms with Crippen LogP contribution in [0.4, 0.5) is 0 Å². The smallest absolute Gasteiger partial charge is 0.216 e. The number of nitrogens with zero attached hydrogens (tertiary/aromatic N) is 2. The van der Waals surface area contributed by atoms with Crippen LogP contribution in [0, 0.1) is 13.8 Å². The molecule has 0 unspecified atom stereocenters. The molecule has 0 fully saturated rings. The van der Waals surface area contributed by atoms with Crippen LogP contribution in [0.1, 0.15) is 61.6 Å². The van der Waals surface area contributed by atoms with E-state index in [-0.39, 0.29) is 5.41 Å².